The van der Waals surface area contributed by atoms with Crippen LogP contribution in [0.4, 0.5) is 0 Å². The summed E-state index contributed by atoms with van der Waals surface area (Å²) >= 11 is 0. The van der Waals surface area contributed by atoms with Crippen LogP contribution in [0.3, 0.4) is 0 Å². The smallest absolute Gasteiger partial charge is 0.0311 e. The Hall–Kier alpha value is 0.609. The van der Waals surface area contributed by atoms with E-state index in [0.717, 1.165) is 0 Å². The van der Waals surface area contributed by atoms with E-state index in [0.29, 0.717) is 0 Å². The fourth-order valence-corrected chi connectivity index (χ4v) is 0. The summed E-state index contributed by atoms with van der Waals surface area (Å²) in [5.74, 6) is 0. The molecule has 0 saturated heterocycles. The van der Waals surface area contributed by atoms with Crippen LogP contribution in [-0.2, 0) is 65.3 Å². The molecule has 2 N–H and O–H groups in total. The molecule has 0 atom stereocenters. The molecule has 0 fully saturated rings. The van der Waals surface area contributed by atoms with Crippen molar-refractivity contribution >= 4 is 31.2 Å². The summed E-state index contributed by atoms with van der Waals surface area (Å²) in [7, 11) is -15.5. The van der Waals surface area contributed by atoms with Gasteiger partial charge in [0.1, 0.15) is 0 Å². The average Bonchev–Trinajstić information content (AvgIpc) is 1.41. The molecule has 0 unspecified atom stereocenters. The topological polar surface area (TPSA) is 272 Å². The molecular formula is H2Fe2O13S3-6. The Kier molecular flexibility index (Phi) is 28.3. The van der Waals surface area contributed by atoms with Crippen molar-refractivity contribution in [1.82, 2.24) is 0 Å². The van der Waals surface area contributed by atoms with E-state index in [4.69, 9.17) is 52.6 Å². The van der Waals surface area contributed by atoms with Gasteiger partial charge in [-0.3, -0.25) is 25.3 Å². The number of hydrogen-bond acceptors (Lipinski definition) is 12. The van der Waals surface area contributed by atoms with Crippen molar-refractivity contribution in [3.05, 3.63) is 0 Å². The second kappa shape index (κ2) is 14.0. The summed E-state index contributed by atoms with van der Waals surface area (Å²) in [6.45, 7) is 0. The standard InChI is InChI=1S/2Fe.3H2O4S.H2O/c;;3*1-5(2,3)4;/h;;3*(H2,1,2,3,4);1H2/p-6. The van der Waals surface area contributed by atoms with Crippen molar-refractivity contribution in [3.8, 4) is 0 Å². The summed E-state index contributed by atoms with van der Waals surface area (Å²) in [4.78, 5) is 0. The molecule has 0 amide bonds. The molecule has 0 aliphatic heterocycles. The van der Waals surface area contributed by atoms with E-state index in [9.17, 15) is 0 Å². The molecule has 0 heterocycles. The van der Waals surface area contributed by atoms with Gasteiger partial charge < -0.3 is 32.8 Å². The van der Waals surface area contributed by atoms with Crippen LogP contribution in [0.15, 0.2) is 0 Å². The Morgan fingerprint density at radius 3 is 0.444 bits per heavy atom. The molecule has 13 nitrogen and oxygen atoms in total. The molecular weight excluding hydrogens is 416 g/mol. The summed E-state index contributed by atoms with van der Waals surface area (Å²) in [6, 6.07) is 0. The van der Waals surface area contributed by atoms with Crippen molar-refractivity contribution in [2.45, 2.75) is 0 Å². The predicted molar refractivity (Wildman–Crippen MR) is 35.0 cm³/mol. The van der Waals surface area contributed by atoms with Crippen LogP contribution in [0.5, 0.6) is 0 Å². The third-order valence-corrected chi connectivity index (χ3v) is 0. The first-order valence-electron chi connectivity index (χ1n) is 2.00. The van der Waals surface area contributed by atoms with Gasteiger partial charge in [0.2, 0.25) is 0 Å². The molecule has 0 spiro atoms. The fourth-order valence-electron chi connectivity index (χ4n) is 0. The van der Waals surface area contributed by atoms with Crippen molar-refractivity contribution in [3.63, 3.8) is 0 Å². The van der Waals surface area contributed by atoms with Gasteiger partial charge in [-0.25, -0.2) is 0 Å². The van der Waals surface area contributed by atoms with Gasteiger partial charge >= 0.3 is 0 Å². The van der Waals surface area contributed by atoms with Crippen molar-refractivity contribution in [2.75, 3.05) is 0 Å². The molecule has 120 valence electrons. The Balaban J connectivity index is -0.0000000277. The maximum Gasteiger partial charge on any atom is 0.0311 e. The van der Waals surface area contributed by atoms with Crippen LogP contribution >= 0.6 is 0 Å². The molecule has 18 heteroatoms. The molecule has 0 aromatic carbocycles. The van der Waals surface area contributed by atoms with E-state index >= 15 is 0 Å². The van der Waals surface area contributed by atoms with Gasteiger partial charge in [0, 0.05) is 65.3 Å². The molecule has 0 rings (SSSR count). The monoisotopic (exact) mass is 418 g/mol. The quantitative estimate of drug-likeness (QED) is 0.203. The first kappa shape index (κ1) is 36.3. The molecule has 0 aromatic heterocycles. The SMILES string of the molecule is O.O=S(=O)([O-])[O-].O=S(=O)([O-])[O-].O=S(=O)([O-])[O-].[Fe].[Fe]. The van der Waals surface area contributed by atoms with Gasteiger partial charge in [0.05, 0.1) is 0 Å². The molecule has 0 radical (unpaired) electrons. The van der Waals surface area contributed by atoms with E-state index in [2.05, 4.69) is 0 Å². The zero-order valence-corrected chi connectivity index (χ0v) is 12.0. The molecule has 0 saturated carbocycles. The maximum absolute atomic E-state index is 8.52. The fraction of sp³-hybridized carbons (Fsp3) is 0. The second-order valence-corrected chi connectivity index (χ2v) is 3.67. The third-order valence-electron chi connectivity index (χ3n) is 0. The molecule has 18 heavy (non-hydrogen) atoms. The van der Waals surface area contributed by atoms with Gasteiger partial charge in [-0.1, -0.05) is 0 Å². The van der Waals surface area contributed by atoms with Crippen molar-refractivity contribution in [2.24, 2.45) is 0 Å². The molecule has 0 bridgehead atoms. The minimum absolute atomic E-state index is 0. The van der Waals surface area contributed by atoms with E-state index in [1.807, 2.05) is 0 Å². The Morgan fingerprint density at radius 2 is 0.444 bits per heavy atom. The second-order valence-electron chi connectivity index (χ2n) is 1.22. The van der Waals surface area contributed by atoms with Crippen molar-refractivity contribution < 1.29 is 92.2 Å². The maximum atomic E-state index is 8.52. The van der Waals surface area contributed by atoms with Gasteiger partial charge in [0.15, 0.2) is 0 Å². The minimum atomic E-state index is -5.17. The van der Waals surface area contributed by atoms with Crippen LogP contribution in [0.1, 0.15) is 0 Å². The van der Waals surface area contributed by atoms with E-state index < -0.39 is 31.2 Å². The minimum Gasteiger partial charge on any atom is -0.759 e. The molecule has 0 aliphatic carbocycles. The van der Waals surface area contributed by atoms with Crippen LogP contribution < -0.4 is 0 Å². The largest absolute Gasteiger partial charge is 0.759 e. The number of rotatable bonds is 0. The zero-order chi connectivity index (χ0) is 13.5. The van der Waals surface area contributed by atoms with Gasteiger partial charge in [0.25, 0.3) is 0 Å². The van der Waals surface area contributed by atoms with Gasteiger partial charge in [-0.2, -0.15) is 0 Å². The van der Waals surface area contributed by atoms with Crippen LogP contribution in [0.25, 0.3) is 0 Å². The molecule has 0 aromatic rings. The van der Waals surface area contributed by atoms with Gasteiger partial charge in [-0.05, 0) is 0 Å². The zero-order valence-electron chi connectivity index (χ0n) is 7.33. The van der Waals surface area contributed by atoms with E-state index in [-0.39, 0.29) is 39.6 Å². The predicted octanol–water partition coefficient (Wildman–Crippen LogP) is -4.84. The first-order chi connectivity index (χ1) is 6.00. The third kappa shape index (κ3) is 10900. The average molecular weight is 418 g/mol. The van der Waals surface area contributed by atoms with E-state index in [1.54, 1.807) is 0 Å². The Labute approximate surface area is 123 Å². The Bertz CT molecular complexity index is 341. The first-order valence-corrected chi connectivity index (χ1v) is 6.00. The normalized spacial score (nSPS) is 9.67. The van der Waals surface area contributed by atoms with E-state index in [1.165, 1.54) is 0 Å². The summed E-state index contributed by atoms with van der Waals surface area (Å²) in [5, 5.41) is 0. The summed E-state index contributed by atoms with van der Waals surface area (Å²) in [5.41, 5.74) is 0. The van der Waals surface area contributed by atoms with Gasteiger partial charge in [-0.15, -0.1) is 0 Å². The summed E-state index contributed by atoms with van der Waals surface area (Å²) < 4.78 is 102. The molecule has 0 aliphatic rings. The van der Waals surface area contributed by atoms with Crippen LogP contribution in [-0.4, -0.2) is 58.0 Å². The number of hydrogen-bond donors (Lipinski definition) is 0. The van der Waals surface area contributed by atoms with Crippen LogP contribution in [0, 0.1) is 0 Å². The Morgan fingerprint density at radius 1 is 0.444 bits per heavy atom. The summed E-state index contributed by atoms with van der Waals surface area (Å²) in [6.07, 6.45) is 0. The van der Waals surface area contributed by atoms with Crippen LogP contribution in [0.2, 0.25) is 0 Å². The van der Waals surface area contributed by atoms with Crippen molar-refractivity contribution in [1.29, 1.82) is 0 Å².